The highest BCUT2D eigenvalue weighted by atomic mass is 15.2. The van der Waals surface area contributed by atoms with Crippen LogP contribution >= 0.6 is 0 Å². The lowest BCUT2D eigenvalue weighted by Gasteiger charge is -2.21. The van der Waals surface area contributed by atoms with E-state index < -0.39 is 0 Å². The van der Waals surface area contributed by atoms with Crippen LogP contribution in [0.1, 0.15) is 57.6 Å². The van der Waals surface area contributed by atoms with Crippen molar-refractivity contribution in [3.05, 3.63) is 11.9 Å². The summed E-state index contributed by atoms with van der Waals surface area (Å²) >= 11 is 0. The molecule has 3 heteroatoms. The lowest BCUT2D eigenvalue weighted by molar-refractivity contribution is 0.324. The van der Waals surface area contributed by atoms with Crippen molar-refractivity contribution in [2.45, 2.75) is 65.3 Å². The molecule has 1 aliphatic carbocycles. The fourth-order valence-corrected chi connectivity index (χ4v) is 2.89. The van der Waals surface area contributed by atoms with E-state index in [-0.39, 0.29) is 0 Å². The van der Waals surface area contributed by atoms with Crippen molar-refractivity contribution in [1.29, 1.82) is 0 Å². The van der Waals surface area contributed by atoms with Crippen LogP contribution < -0.4 is 5.32 Å². The summed E-state index contributed by atoms with van der Waals surface area (Å²) in [4.78, 5) is 4.56. The summed E-state index contributed by atoms with van der Waals surface area (Å²) in [5, 5.41) is 3.42. The molecule has 1 aromatic heterocycles. The maximum absolute atomic E-state index is 4.56. The van der Waals surface area contributed by atoms with Crippen molar-refractivity contribution < 1.29 is 0 Å². The molecule has 0 aromatic carbocycles. The molecule has 18 heavy (non-hydrogen) atoms. The summed E-state index contributed by atoms with van der Waals surface area (Å²) in [5.74, 6) is 2.01. The average Bonchev–Trinajstić information content (AvgIpc) is 2.75. The van der Waals surface area contributed by atoms with E-state index in [0.29, 0.717) is 0 Å². The number of anilines is 1. The van der Waals surface area contributed by atoms with Crippen molar-refractivity contribution in [3.63, 3.8) is 0 Å². The first-order valence-corrected chi connectivity index (χ1v) is 7.57. The molecule has 0 atom stereocenters. The number of nitrogens with zero attached hydrogens (tertiary/aromatic N) is 2. The zero-order valence-electron chi connectivity index (χ0n) is 11.9. The van der Waals surface area contributed by atoms with Gasteiger partial charge in [-0.05, 0) is 25.7 Å². The molecule has 3 nitrogen and oxygen atoms in total. The van der Waals surface area contributed by atoms with Gasteiger partial charge in [-0.2, -0.15) is 0 Å². The van der Waals surface area contributed by atoms with Gasteiger partial charge in [0.05, 0.1) is 5.69 Å². The molecule has 1 aromatic rings. The van der Waals surface area contributed by atoms with Gasteiger partial charge < -0.3 is 9.88 Å². The van der Waals surface area contributed by atoms with Crippen LogP contribution in [-0.2, 0) is 6.54 Å². The fourth-order valence-electron chi connectivity index (χ4n) is 2.89. The topological polar surface area (TPSA) is 29.9 Å². The molecule has 0 radical (unpaired) electrons. The first-order valence-electron chi connectivity index (χ1n) is 7.57. The van der Waals surface area contributed by atoms with Crippen LogP contribution in [-0.4, -0.2) is 16.1 Å². The smallest absolute Gasteiger partial charge is 0.203 e. The van der Waals surface area contributed by atoms with Gasteiger partial charge in [-0.15, -0.1) is 0 Å². The van der Waals surface area contributed by atoms with Crippen molar-refractivity contribution in [2.75, 3.05) is 11.9 Å². The fraction of sp³-hybridized carbons (Fsp3) is 0.800. The Bertz CT molecular complexity index is 351. The van der Waals surface area contributed by atoms with Gasteiger partial charge >= 0.3 is 0 Å². The molecule has 0 spiro atoms. The third kappa shape index (κ3) is 3.76. The summed E-state index contributed by atoms with van der Waals surface area (Å²) in [6.07, 6.45) is 11.8. The maximum atomic E-state index is 4.56. The lowest BCUT2D eigenvalue weighted by Crippen LogP contribution is -2.12. The molecule has 1 N–H and O–H groups in total. The zero-order chi connectivity index (χ0) is 12.8. The molecular formula is C15H27N3. The Morgan fingerprint density at radius 1 is 1.33 bits per heavy atom. The average molecular weight is 249 g/mol. The van der Waals surface area contributed by atoms with E-state index in [4.69, 9.17) is 0 Å². The largest absolute Gasteiger partial charge is 0.356 e. The van der Waals surface area contributed by atoms with Gasteiger partial charge in [0.15, 0.2) is 0 Å². The monoisotopic (exact) mass is 249 g/mol. The second kappa shape index (κ2) is 6.81. The molecule has 1 aliphatic rings. The molecular weight excluding hydrogens is 222 g/mol. The standard InChI is InChI=1S/C15H27N3/c1-3-10-16-15-17-13(2)12-18(15)11-9-14-7-5-4-6-8-14/h12,14H,3-11H2,1-2H3,(H,16,17). The minimum Gasteiger partial charge on any atom is -0.356 e. The Hall–Kier alpha value is -0.990. The number of aromatic nitrogens is 2. The quantitative estimate of drug-likeness (QED) is 0.826. The maximum Gasteiger partial charge on any atom is 0.203 e. The number of imidazole rings is 1. The Morgan fingerprint density at radius 3 is 2.83 bits per heavy atom. The van der Waals surface area contributed by atoms with E-state index in [9.17, 15) is 0 Å². The Balaban J connectivity index is 1.86. The van der Waals surface area contributed by atoms with Gasteiger partial charge in [0.25, 0.3) is 0 Å². The van der Waals surface area contributed by atoms with Crippen LogP contribution in [0.3, 0.4) is 0 Å². The molecule has 1 fully saturated rings. The van der Waals surface area contributed by atoms with E-state index in [1.54, 1.807) is 0 Å². The van der Waals surface area contributed by atoms with Crippen molar-refractivity contribution in [3.8, 4) is 0 Å². The third-order valence-corrected chi connectivity index (χ3v) is 3.93. The summed E-state index contributed by atoms with van der Waals surface area (Å²) in [7, 11) is 0. The summed E-state index contributed by atoms with van der Waals surface area (Å²) in [6.45, 7) is 6.40. The predicted molar refractivity (Wildman–Crippen MR) is 76.9 cm³/mol. The molecule has 2 rings (SSSR count). The summed E-state index contributed by atoms with van der Waals surface area (Å²) < 4.78 is 2.31. The molecule has 102 valence electrons. The van der Waals surface area contributed by atoms with Crippen molar-refractivity contribution in [1.82, 2.24) is 9.55 Å². The van der Waals surface area contributed by atoms with Gasteiger partial charge in [-0.1, -0.05) is 39.0 Å². The van der Waals surface area contributed by atoms with Crippen LogP contribution in [0.2, 0.25) is 0 Å². The predicted octanol–water partition coefficient (Wildman–Crippen LogP) is 3.98. The number of aryl methyl sites for hydroxylation is 2. The Kier molecular flexibility index (Phi) is 5.09. The molecule has 0 aliphatic heterocycles. The minimum atomic E-state index is 0.945. The highest BCUT2D eigenvalue weighted by Gasteiger charge is 2.14. The Labute approximate surface area is 111 Å². The second-order valence-corrected chi connectivity index (χ2v) is 5.62. The van der Waals surface area contributed by atoms with E-state index >= 15 is 0 Å². The molecule has 1 heterocycles. The number of hydrogen-bond donors (Lipinski definition) is 1. The van der Waals surface area contributed by atoms with Crippen molar-refractivity contribution in [2.24, 2.45) is 5.92 Å². The molecule has 0 saturated heterocycles. The summed E-state index contributed by atoms with van der Waals surface area (Å²) in [5.41, 5.74) is 1.12. The van der Waals surface area contributed by atoms with Crippen molar-refractivity contribution >= 4 is 5.95 Å². The van der Waals surface area contributed by atoms with Gasteiger partial charge in [0.1, 0.15) is 0 Å². The number of rotatable bonds is 6. The van der Waals surface area contributed by atoms with E-state index in [2.05, 4.69) is 34.9 Å². The van der Waals surface area contributed by atoms with E-state index in [1.807, 2.05) is 0 Å². The van der Waals surface area contributed by atoms with Crippen LogP contribution in [0, 0.1) is 12.8 Å². The number of nitrogens with one attached hydrogen (secondary N) is 1. The van der Waals surface area contributed by atoms with Crippen LogP contribution in [0.25, 0.3) is 0 Å². The van der Waals surface area contributed by atoms with Crippen LogP contribution in [0.5, 0.6) is 0 Å². The third-order valence-electron chi connectivity index (χ3n) is 3.93. The minimum absolute atomic E-state index is 0.945. The van der Waals surface area contributed by atoms with E-state index in [1.165, 1.54) is 38.5 Å². The first kappa shape index (κ1) is 13.4. The van der Waals surface area contributed by atoms with E-state index in [0.717, 1.165) is 37.1 Å². The lowest BCUT2D eigenvalue weighted by atomic mass is 9.87. The zero-order valence-corrected chi connectivity index (χ0v) is 11.9. The van der Waals surface area contributed by atoms with Crippen LogP contribution in [0.15, 0.2) is 6.20 Å². The Morgan fingerprint density at radius 2 is 2.11 bits per heavy atom. The normalized spacial score (nSPS) is 17.0. The first-order chi connectivity index (χ1) is 8.79. The summed E-state index contributed by atoms with van der Waals surface area (Å²) in [6, 6.07) is 0. The molecule has 0 bridgehead atoms. The SMILES string of the molecule is CCCNc1nc(C)cn1CCC1CCCCC1. The van der Waals surface area contributed by atoms with Gasteiger partial charge in [-0.3, -0.25) is 0 Å². The highest BCUT2D eigenvalue weighted by Crippen LogP contribution is 2.27. The molecule has 0 amide bonds. The van der Waals surface area contributed by atoms with Gasteiger partial charge in [0, 0.05) is 19.3 Å². The molecule has 0 unspecified atom stereocenters. The molecule has 1 saturated carbocycles. The van der Waals surface area contributed by atoms with Crippen LogP contribution in [0.4, 0.5) is 5.95 Å². The highest BCUT2D eigenvalue weighted by molar-refractivity contribution is 5.28. The van der Waals surface area contributed by atoms with Gasteiger partial charge in [0.2, 0.25) is 5.95 Å². The second-order valence-electron chi connectivity index (χ2n) is 5.62. The number of hydrogen-bond acceptors (Lipinski definition) is 2. The van der Waals surface area contributed by atoms with Gasteiger partial charge in [-0.25, -0.2) is 4.98 Å².